The number of nitrogen functional groups attached to an aromatic ring is 1. The molecular weight excluding hydrogens is 263 g/mol. The number of carbonyl (C=O) groups is 2. The number of carbonyl (C=O) groups excluding carboxylic acids is 2. The van der Waals surface area contributed by atoms with E-state index in [-0.39, 0.29) is 23.2 Å². The SMILES string of the molecule is CCC(C)NC(=O)C(C)OC(=O)c1ccc(N)c(F)c1. The second-order valence-corrected chi connectivity index (χ2v) is 4.60. The van der Waals surface area contributed by atoms with Crippen LogP contribution in [0.2, 0.25) is 0 Å². The highest BCUT2D eigenvalue weighted by atomic mass is 19.1. The summed E-state index contributed by atoms with van der Waals surface area (Å²) in [6.07, 6.45) is -0.174. The minimum absolute atomic E-state index is 0.00220. The van der Waals surface area contributed by atoms with Crippen molar-refractivity contribution in [3.05, 3.63) is 29.6 Å². The number of halogens is 1. The number of ether oxygens (including phenoxy) is 1. The zero-order valence-corrected chi connectivity index (χ0v) is 11.8. The average molecular weight is 282 g/mol. The summed E-state index contributed by atoms with van der Waals surface area (Å²) in [6.45, 7) is 5.24. The van der Waals surface area contributed by atoms with Crippen molar-refractivity contribution in [2.24, 2.45) is 0 Å². The van der Waals surface area contributed by atoms with E-state index in [0.29, 0.717) is 0 Å². The molecule has 0 bridgehead atoms. The van der Waals surface area contributed by atoms with Crippen LogP contribution < -0.4 is 11.1 Å². The third kappa shape index (κ3) is 4.22. The Morgan fingerprint density at radius 2 is 2.05 bits per heavy atom. The van der Waals surface area contributed by atoms with E-state index in [9.17, 15) is 14.0 Å². The van der Waals surface area contributed by atoms with Crippen LogP contribution in [0.4, 0.5) is 10.1 Å². The molecule has 0 aliphatic rings. The zero-order valence-electron chi connectivity index (χ0n) is 11.8. The first-order valence-corrected chi connectivity index (χ1v) is 6.41. The van der Waals surface area contributed by atoms with Crippen molar-refractivity contribution in [3.63, 3.8) is 0 Å². The van der Waals surface area contributed by atoms with E-state index in [1.165, 1.54) is 19.1 Å². The van der Waals surface area contributed by atoms with Gasteiger partial charge in [0.2, 0.25) is 0 Å². The highest BCUT2D eigenvalue weighted by Gasteiger charge is 2.20. The lowest BCUT2D eigenvalue weighted by Crippen LogP contribution is -2.40. The standard InChI is InChI=1S/C14H19FN2O3/c1-4-8(2)17-13(18)9(3)20-14(19)10-5-6-12(16)11(15)7-10/h5-9H,4,16H2,1-3H3,(H,17,18). The van der Waals surface area contributed by atoms with Gasteiger partial charge in [-0.25, -0.2) is 9.18 Å². The van der Waals surface area contributed by atoms with Gasteiger partial charge in [0.1, 0.15) is 5.82 Å². The van der Waals surface area contributed by atoms with Gasteiger partial charge in [-0.2, -0.15) is 0 Å². The molecule has 0 spiro atoms. The third-order valence-electron chi connectivity index (χ3n) is 2.89. The van der Waals surface area contributed by atoms with Crippen LogP contribution in [0.15, 0.2) is 18.2 Å². The summed E-state index contributed by atoms with van der Waals surface area (Å²) in [6, 6.07) is 3.60. The van der Waals surface area contributed by atoms with E-state index in [4.69, 9.17) is 10.5 Å². The number of rotatable bonds is 5. The number of amides is 1. The Kier molecular flexibility index (Phi) is 5.49. The Morgan fingerprint density at radius 1 is 1.40 bits per heavy atom. The molecule has 5 nitrogen and oxygen atoms in total. The molecule has 1 aromatic rings. The van der Waals surface area contributed by atoms with Crippen molar-refractivity contribution in [2.75, 3.05) is 5.73 Å². The Hall–Kier alpha value is -2.11. The van der Waals surface area contributed by atoms with Crippen LogP contribution in [0, 0.1) is 5.82 Å². The molecule has 6 heteroatoms. The molecule has 2 atom stereocenters. The number of hydrogen-bond acceptors (Lipinski definition) is 4. The lowest BCUT2D eigenvalue weighted by atomic mass is 10.2. The fourth-order valence-corrected chi connectivity index (χ4v) is 1.40. The largest absolute Gasteiger partial charge is 0.449 e. The van der Waals surface area contributed by atoms with E-state index in [1.54, 1.807) is 0 Å². The summed E-state index contributed by atoms with van der Waals surface area (Å²) < 4.78 is 18.2. The molecule has 0 aliphatic carbocycles. The van der Waals surface area contributed by atoms with E-state index >= 15 is 0 Å². The molecule has 1 amide bonds. The number of nitrogens with two attached hydrogens (primary N) is 1. The van der Waals surface area contributed by atoms with Crippen LogP contribution in [-0.2, 0) is 9.53 Å². The summed E-state index contributed by atoms with van der Waals surface area (Å²) >= 11 is 0. The molecular formula is C14H19FN2O3. The predicted octanol–water partition coefficient (Wildman–Crippen LogP) is 1.87. The van der Waals surface area contributed by atoms with E-state index in [0.717, 1.165) is 12.5 Å². The Bertz CT molecular complexity index is 505. The quantitative estimate of drug-likeness (QED) is 0.638. The summed E-state index contributed by atoms with van der Waals surface area (Å²) in [7, 11) is 0. The first-order chi connectivity index (χ1) is 9.35. The van der Waals surface area contributed by atoms with E-state index < -0.39 is 17.9 Å². The summed E-state index contributed by atoms with van der Waals surface area (Å²) in [4.78, 5) is 23.5. The van der Waals surface area contributed by atoms with Gasteiger partial charge in [-0.15, -0.1) is 0 Å². The summed E-state index contributed by atoms with van der Waals surface area (Å²) in [5.74, 6) is -1.85. The van der Waals surface area contributed by atoms with Gasteiger partial charge in [0.25, 0.3) is 5.91 Å². The molecule has 1 rings (SSSR count). The number of anilines is 1. The fraction of sp³-hybridized carbons (Fsp3) is 0.429. The zero-order chi connectivity index (χ0) is 15.3. The first kappa shape index (κ1) is 15.9. The van der Waals surface area contributed by atoms with Crippen molar-refractivity contribution >= 4 is 17.6 Å². The maximum atomic E-state index is 13.2. The van der Waals surface area contributed by atoms with Gasteiger partial charge in [0.05, 0.1) is 11.3 Å². The fourth-order valence-electron chi connectivity index (χ4n) is 1.40. The summed E-state index contributed by atoms with van der Waals surface area (Å²) in [5, 5.41) is 2.70. The van der Waals surface area contributed by atoms with Crippen molar-refractivity contribution in [1.82, 2.24) is 5.32 Å². The highest BCUT2D eigenvalue weighted by molar-refractivity contribution is 5.92. The van der Waals surface area contributed by atoms with Crippen molar-refractivity contribution < 1.29 is 18.7 Å². The van der Waals surface area contributed by atoms with E-state index in [1.807, 2.05) is 13.8 Å². The monoisotopic (exact) mass is 282 g/mol. The van der Waals surface area contributed by atoms with Crippen molar-refractivity contribution in [3.8, 4) is 0 Å². The molecule has 2 unspecified atom stereocenters. The summed E-state index contributed by atoms with van der Waals surface area (Å²) in [5.41, 5.74) is 5.28. The van der Waals surface area contributed by atoms with Gasteiger partial charge in [0, 0.05) is 6.04 Å². The molecule has 110 valence electrons. The van der Waals surface area contributed by atoms with Crippen LogP contribution in [0.5, 0.6) is 0 Å². The molecule has 3 N–H and O–H groups in total. The van der Waals surface area contributed by atoms with Gasteiger partial charge >= 0.3 is 5.97 Å². The smallest absolute Gasteiger partial charge is 0.339 e. The normalized spacial score (nSPS) is 13.4. The molecule has 0 saturated heterocycles. The predicted molar refractivity (Wildman–Crippen MR) is 73.6 cm³/mol. The highest BCUT2D eigenvalue weighted by Crippen LogP contribution is 2.13. The second-order valence-electron chi connectivity index (χ2n) is 4.60. The average Bonchev–Trinajstić information content (AvgIpc) is 2.41. The van der Waals surface area contributed by atoms with Crippen molar-refractivity contribution in [2.45, 2.75) is 39.3 Å². The maximum absolute atomic E-state index is 13.2. The minimum Gasteiger partial charge on any atom is -0.449 e. The van der Waals surface area contributed by atoms with Gasteiger partial charge in [0.15, 0.2) is 6.10 Å². The Morgan fingerprint density at radius 3 is 2.60 bits per heavy atom. The lowest BCUT2D eigenvalue weighted by molar-refractivity contribution is -0.129. The molecule has 1 aromatic carbocycles. The molecule has 0 heterocycles. The van der Waals surface area contributed by atoms with Gasteiger partial charge in [-0.1, -0.05) is 6.92 Å². The topological polar surface area (TPSA) is 81.4 Å². The van der Waals surface area contributed by atoms with Gasteiger partial charge in [-0.05, 0) is 38.5 Å². The van der Waals surface area contributed by atoms with Crippen LogP contribution in [0.25, 0.3) is 0 Å². The number of hydrogen-bond donors (Lipinski definition) is 2. The maximum Gasteiger partial charge on any atom is 0.339 e. The Balaban J connectivity index is 2.65. The lowest BCUT2D eigenvalue weighted by Gasteiger charge is -2.16. The van der Waals surface area contributed by atoms with Crippen LogP contribution in [0.1, 0.15) is 37.6 Å². The number of benzene rings is 1. The number of esters is 1. The van der Waals surface area contributed by atoms with Crippen LogP contribution in [0.3, 0.4) is 0 Å². The first-order valence-electron chi connectivity index (χ1n) is 6.41. The molecule has 0 aromatic heterocycles. The van der Waals surface area contributed by atoms with Crippen molar-refractivity contribution in [1.29, 1.82) is 0 Å². The molecule has 0 fully saturated rings. The molecule has 0 aliphatic heterocycles. The van der Waals surface area contributed by atoms with E-state index in [2.05, 4.69) is 5.32 Å². The van der Waals surface area contributed by atoms with Gasteiger partial charge < -0.3 is 15.8 Å². The van der Waals surface area contributed by atoms with Crippen LogP contribution >= 0.6 is 0 Å². The number of nitrogens with one attached hydrogen (secondary N) is 1. The molecule has 0 saturated carbocycles. The minimum atomic E-state index is -0.947. The Labute approximate surface area is 117 Å². The molecule has 20 heavy (non-hydrogen) atoms. The second kappa shape index (κ2) is 6.88. The van der Waals surface area contributed by atoms with Crippen LogP contribution in [-0.4, -0.2) is 24.0 Å². The van der Waals surface area contributed by atoms with Gasteiger partial charge in [-0.3, -0.25) is 4.79 Å². The third-order valence-corrected chi connectivity index (χ3v) is 2.89. The molecule has 0 radical (unpaired) electrons.